The van der Waals surface area contributed by atoms with Crippen molar-refractivity contribution in [2.24, 2.45) is 23.0 Å². The summed E-state index contributed by atoms with van der Waals surface area (Å²) in [4.78, 5) is 0.769. The Labute approximate surface area is 126 Å². The fourth-order valence-electron chi connectivity index (χ4n) is 3.10. The zero-order chi connectivity index (χ0) is 14.8. The Bertz CT molecular complexity index is 441. The molecule has 0 spiro atoms. The fourth-order valence-corrected chi connectivity index (χ4v) is 4.53. The maximum absolute atomic E-state index is 13.9. The van der Waals surface area contributed by atoms with Crippen LogP contribution in [0.4, 0.5) is 4.39 Å². The van der Waals surface area contributed by atoms with Crippen LogP contribution in [0.5, 0.6) is 0 Å². The SMILES string of the molecule is CC(C)(C)C1CCC(CN)C(Sc2ccccc2F)C1. The van der Waals surface area contributed by atoms with Gasteiger partial charge in [0.15, 0.2) is 0 Å². The largest absolute Gasteiger partial charge is 0.330 e. The Morgan fingerprint density at radius 2 is 1.95 bits per heavy atom. The highest BCUT2D eigenvalue weighted by Crippen LogP contribution is 2.45. The molecule has 1 aromatic rings. The predicted molar refractivity (Wildman–Crippen MR) is 85.4 cm³/mol. The molecule has 0 saturated heterocycles. The van der Waals surface area contributed by atoms with Gasteiger partial charge in [-0.3, -0.25) is 0 Å². The Balaban J connectivity index is 2.12. The van der Waals surface area contributed by atoms with Gasteiger partial charge in [0.25, 0.3) is 0 Å². The summed E-state index contributed by atoms with van der Waals surface area (Å²) in [7, 11) is 0. The third-order valence-electron chi connectivity index (χ3n) is 4.57. The fraction of sp³-hybridized carbons (Fsp3) is 0.647. The lowest BCUT2D eigenvalue weighted by molar-refractivity contribution is 0.157. The number of halogens is 1. The van der Waals surface area contributed by atoms with Gasteiger partial charge in [0.1, 0.15) is 5.82 Å². The molecule has 1 saturated carbocycles. The Morgan fingerprint density at radius 3 is 2.55 bits per heavy atom. The van der Waals surface area contributed by atoms with Crippen LogP contribution in [-0.4, -0.2) is 11.8 Å². The molecule has 0 aromatic heterocycles. The molecule has 0 aliphatic heterocycles. The van der Waals surface area contributed by atoms with Crippen molar-refractivity contribution >= 4 is 11.8 Å². The zero-order valence-electron chi connectivity index (χ0n) is 12.7. The van der Waals surface area contributed by atoms with E-state index < -0.39 is 0 Å². The van der Waals surface area contributed by atoms with E-state index in [-0.39, 0.29) is 5.82 Å². The summed E-state index contributed by atoms with van der Waals surface area (Å²) in [6, 6.07) is 7.09. The van der Waals surface area contributed by atoms with Crippen LogP contribution in [0.15, 0.2) is 29.2 Å². The highest BCUT2D eigenvalue weighted by Gasteiger charge is 2.36. The molecular formula is C17H26FNS. The Kier molecular flexibility index (Phi) is 5.14. The predicted octanol–water partition coefficient (Wildman–Crippen LogP) is 4.71. The van der Waals surface area contributed by atoms with Gasteiger partial charge in [-0.2, -0.15) is 0 Å². The molecule has 0 bridgehead atoms. The highest BCUT2D eigenvalue weighted by atomic mass is 32.2. The van der Waals surface area contributed by atoms with Crippen molar-refractivity contribution in [2.45, 2.75) is 50.2 Å². The number of hydrogen-bond acceptors (Lipinski definition) is 2. The van der Waals surface area contributed by atoms with Gasteiger partial charge in [0.05, 0.1) is 0 Å². The minimum Gasteiger partial charge on any atom is -0.330 e. The molecule has 0 heterocycles. The van der Waals surface area contributed by atoms with Crippen molar-refractivity contribution in [1.82, 2.24) is 0 Å². The molecule has 2 N–H and O–H groups in total. The van der Waals surface area contributed by atoms with Crippen LogP contribution in [0.25, 0.3) is 0 Å². The molecule has 1 fully saturated rings. The van der Waals surface area contributed by atoms with Gasteiger partial charge in [-0.25, -0.2) is 4.39 Å². The van der Waals surface area contributed by atoms with E-state index in [0.29, 0.717) is 29.0 Å². The van der Waals surface area contributed by atoms with E-state index in [4.69, 9.17) is 5.73 Å². The summed E-state index contributed by atoms with van der Waals surface area (Å²) < 4.78 is 13.9. The van der Waals surface area contributed by atoms with E-state index >= 15 is 0 Å². The molecule has 1 nitrogen and oxygen atoms in total. The molecule has 112 valence electrons. The first-order valence-corrected chi connectivity index (χ1v) is 8.41. The standard InChI is InChI=1S/C17H26FNS/c1-17(2,3)13-9-8-12(11-19)16(10-13)20-15-7-5-4-6-14(15)18/h4-7,12-13,16H,8-11,19H2,1-3H3. The van der Waals surface area contributed by atoms with Gasteiger partial charge >= 0.3 is 0 Å². The molecule has 0 radical (unpaired) electrons. The number of thioether (sulfide) groups is 1. The average molecular weight is 295 g/mol. The topological polar surface area (TPSA) is 26.0 Å². The molecule has 1 aromatic carbocycles. The second-order valence-electron chi connectivity index (χ2n) is 6.96. The first-order chi connectivity index (χ1) is 9.41. The molecule has 1 aliphatic rings. The monoisotopic (exact) mass is 295 g/mol. The van der Waals surface area contributed by atoms with Crippen LogP contribution < -0.4 is 5.73 Å². The molecule has 3 heteroatoms. The number of hydrogen-bond donors (Lipinski definition) is 1. The third-order valence-corrected chi connectivity index (χ3v) is 6.04. The zero-order valence-corrected chi connectivity index (χ0v) is 13.5. The summed E-state index contributed by atoms with van der Waals surface area (Å²) >= 11 is 1.69. The van der Waals surface area contributed by atoms with Crippen molar-refractivity contribution in [1.29, 1.82) is 0 Å². The highest BCUT2D eigenvalue weighted by molar-refractivity contribution is 8.00. The van der Waals surface area contributed by atoms with E-state index in [2.05, 4.69) is 20.8 Å². The van der Waals surface area contributed by atoms with E-state index in [0.717, 1.165) is 11.3 Å². The maximum atomic E-state index is 13.9. The molecule has 1 aliphatic carbocycles. The molecule has 3 unspecified atom stereocenters. The quantitative estimate of drug-likeness (QED) is 0.874. The van der Waals surface area contributed by atoms with Crippen molar-refractivity contribution < 1.29 is 4.39 Å². The maximum Gasteiger partial charge on any atom is 0.136 e. The van der Waals surface area contributed by atoms with Crippen molar-refractivity contribution in [2.75, 3.05) is 6.54 Å². The Hall–Kier alpha value is -0.540. The van der Waals surface area contributed by atoms with E-state index in [1.165, 1.54) is 12.8 Å². The van der Waals surface area contributed by atoms with Gasteiger partial charge in [-0.1, -0.05) is 32.9 Å². The van der Waals surface area contributed by atoms with Crippen molar-refractivity contribution in [3.63, 3.8) is 0 Å². The van der Waals surface area contributed by atoms with E-state index in [1.54, 1.807) is 23.9 Å². The summed E-state index contributed by atoms with van der Waals surface area (Å²) in [6.07, 6.45) is 3.56. The first kappa shape index (κ1) is 15.8. The van der Waals surface area contributed by atoms with Crippen LogP contribution in [0.1, 0.15) is 40.0 Å². The van der Waals surface area contributed by atoms with Crippen LogP contribution in [0.3, 0.4) is 0 Å². The van der Waals surface area contributed by atoms with Crippen LogP contribution in [0, 0.1) is 23.1 Å². The summed E-state index contributed by atoms with van der Waals surface area (Å²) in [5, 5.41) is 0.440. The first-order valence-electron chi connectivity index (χ1n) is 7.53. The lowest BCUT2D eigenvalue weighted by Gasteiger charge is -2.41. The smallest absolute Gasteiger partial charge is 0.136 e. The number of rotatable bonds is 3. The minimum atomic E-state index is -0.105. The lowest BCUT2D eigenvalue weighted by atomic mass is 9.69. The van der Waals surface area contributed by atoms with Gasteiger partial charge < -0.3 is 5.73 Å². The van der Waals surface area contributed by atoms with Crippen LogP contribution in [-0.2, 0) is 0 Å². The van der Waals surface area contributed by atoms with Crippen molar-refractivity contribution in [3.8, 4) is 0 Å². The molecular weight excluding hydrogens is 269 g/mol. The average Bonchev–Trinajstić information content (AvgIpc) is 2.40. The molecule has 20 heavy (non-hydrogen) atoms. The summed E-state index contributed by atoms with van der Waals surface area (Å²) in [6.45, 7) is 7.64. The second-order valence-corrected chi connectivity index (χ2v) is 8.24. The molecule has 2 rings (SSSR count). The van der Waals surface area contributed by atoms with Crippen LogP contribution >= 0.6 is 11.8 Å². The number of nitrogens with two attached hydrogens (primary N) is 1. The molecule has 0 amide bonds. The van der Waals surface area contributed by atoms with Crippen LogP contribution in [0.2, 0.25) is 0 Å². The third kappa shape index (κ3) is 3.76. The van der Waals surface area contributed by atoms with Gasteiger partial charge in [-0.15, -0.1) is 11.8 Å². The van der Waals surface area contributed by atoms with Crippen molar-refractivity contribution in [3.05, 3.63) is 30.1 Å². The van der Waals surface area contributed by atoms with E-state index in [1.807, 2.05) is 12.1 Å². The van der Waals surface area contributed by atoms with Gasteiger partial charge in [-0.05, 0) is 55.2 Å². The minimum absolute atomic E-state index is 0.105. The second kappa shape index (κ2) is 6.48. The summed E-state index contributed by atoms with van der Waals surface area (Å²) in [5.41, 5.74) is 6.26. The van der Waals surface area contributed by atoms with Gasteiger partial charge in [0, 0.05) is 10.1 Å². The summed E-state index contributed by atoms with van der Waals surface area (Å²) in [5.74, 6) is 1.11. The number of benzene rings is 1. The Morgan fingerprint density at radius 1 is 1.25 bits per heavy atom. The van der Waals surface area contributed by atoms with Gasteiger partial charge in [0.2, 0.25) is 0 Å². The lowest BCUT2D eigenvalue weighted by Crippen LogP contribution is -2.36. The molecule has 3 atom stereocenters. The van der Waals surface area contributed by atoms with E-state index in [9.17, 15) is 4.39 Å². The normalized spacial score (nSPS) is 27.6.